The fourth-order valence-electron chi connectivity index (χ4n) is 1.21. The van der Waals surface area contributed by atoms with Gasteiger partial charge in [-0.05, 0) is 12.3 Å². The average molecular weight is 254 g/mol. The van der Waals surface area contributed by atoms with E-state index in [4.69, 9.17) is 11.6 Å². The van der Waals surface area contributed by atoms with Crippen molar-refractivity contribution in [3.63, 3.8) is 0 Å². The summed E-state index contributed by atoms with van der Waals surface area (Å²) >= 11 is 7.29. The van der Waals surface area contributed by atoms with Gasteiger partial charge in [0, 0.05) is 23.9 Å². The average Bonchev–Trinajstić information content (AvgIpc) is 2.29. The molecule has 0 amide bonds. The fourth-order valence-corrected chi connectivity index (χ4v) is 1.82. The molecule has 0 aliphatic heterocycles. The number of thioether (sulfide) groups is 1. The van der Waals surface area contributed by atoms with Crippen molar-refractivity contribution in [1.82, 2.24) is 15.0 Å². The molecule has 0 unspecified atom stereocenters. The van der Waals surface area contributed by atoms with Crippen LogP contribution in [0, 0.1) is 0 Å². The van der Waals surface area contributed by atoms with Gasteiger partial charge in [0.1, 0.15) is 5.15 Å². The Labute approximate surface area is 101 Å². The van der Waals surface area contributed by atoms with E-state index in [9.17, 15) is 4.79 Å². The molecule has 16 heavy (non-hydrogen) atoms. The number of aromatic nitrogens is 3. The Balaban J connectivity index is 2.51. The van der Waals surface area contributed by atoms with Crippen LogP contribution in [-0.4, -0.2) is 21.2 Å². The van der Waals surface area contributed by atoms with E-state index >= 15 is 0 Å². The van der Waals surface area contributed by atoms with Gasteiger partial charge in [0.25, 0.3) is 0 Å². The highest BCUT2D eigenvalue weighted by atomic mass is 35.5. The van der Waals surface area contributed by atoms with Crippen LogP contribution >= 0.6 is 23.4 Å². The number of rotatable bonds is 2. The Hall–Kier alpha value is -1.33. The molecule has 2 aromatic heterocycles. The smallest absolute Gasteiger partial charge is 0.247 e. The Morgan fingerprint density at radius 3 is 2.81 bits per heavy atom. The number of nitrogens with one attached hydrogen (secondary N) is 1. The van der Waals surface area contributed by atoms with Crippen molar-refractivity contribution in [3.8, 4) is 11.3 Å². The predicted octanol–water partition coefficient (Wildman–Crippen LogP) is 2.21. The summed E-state index contributed by atoms with van der Waals surface area (Å²) in [4.78, 5) is 21.9. The van der Waals surface area contributed by atoms with Crippen molar-refractivity contribution in [3.05, 3.63) is 39.9 Å². The summed E-state index contributed by atoms with van der Waals surface area (Å²) in [7, 11) is 0. The highest BCUT2D eigenvalue weighted by Gasteiger charge is 2.04. The van der Waals surface area contributed by atoms with Crippen LogP contribution in [0.5, 0.6) is 0 Å². The molecule has 0 spiro atoms. The highest BCUT2D eigenvalue weighted by molar-refractivity contribution is 7.98. The highest BCUT2D eigenvalue weighted by Crippen LogP contribution is 2.21. The van der Waals surface area contributed by atoms with E-state index in [0.717, 1.165) is 5.56 Å². The number of pyridine rings is 1. The van der Waals surface area contributed by atoms with Crippen molar-refractivity contribution >= 4 is 23.4 Å². The van der Waals surface area contributed by atoms with Gasteiger partial charge in [-0.15, -0.1) is 0 Å². The number of H-pyrrole nitrogens is 1. The van der Waals surface area contributed by atoms with Gasteiger partial charge in [-0.1, -0.05) is 23.4 Å². The molecule has 0 saturated heterocycles. The molecule has 2 rings (SSSR count). The third kappa shape index (κ3) is 2.43. The number of halogens is 1. The minimum Gasteiger partial charge on any atom is -0.328 e. The van der Waals surface area contributed by atoms with Gasteiger partial charge < -0.3 is 4.98 Å². The molecule has 0 aromatic carbocycles. The summed E-state index contributed by atoms with van der Waals surface area (Å²) in [5, 5.41) is 0.995. The van der Waals surface area contributed by atoms with Crippen molar-refractivity contribution in [2.45, 2.75) is 5.16 Å². The molecule has 0 bridgehead atoms. The third-order valence-electron chi connectivity index (χ3n) is 1.94. The standard InChI is InChI=1S/C10H8ClN3OS/c1-16-10-13-7(4-8(11)14-10)6-2-3-9(15)12-5-6/h2-5H,1H3,(H,12,15). The number of hydrogen-bond donors (Lipinski definition) is 1. The molecular weight excluding hydrogens is 246 g/mol. The lowest BCUT2D eigenvalue weighted by atomic mass is 10.2. The maximum atomic E-state index is 10.9. The van der Waals surface area contributed by atoms with E-state index in [2.05, 4.69) is 15.0 Å². The van der Waals surface area contributed by atoms with E-state index in [1.54, 1.807) is 18.3 Å². The zero-order valence-electron chi connectivity index (χ0n) is 8.40. The Morgan fingerprint density at radius 2 is 2.19 bits per heavy atom. The SMILES string of the molecule is CSc1nc(Cl)cc(-c2ccc(=O)[nH]c2)n1. The zero-order chi connectivity index (χ0) is 11.5. The van der Waals surface area contributed by atoms with E-state index < -0.39 is 0 Å². The van der Waals surface area contributed by atoms with Gasteiger partial charge in [0.15, 0.2) is 5.16 Å². The minimum absolute atomic E-state index is 0.144. The molecule has 1 N–H and O–H groups in total. The van der Waals surface area contributed by atoms with Gasteiger partial charge in [-0.3, -0.25) is 4.79 Å². The first kappa shape index (κ1) is 11.2. The summed E-state index contributed by atoms with van der Waals surface area (Å²) in [6, 6.07) is 4.81. The molecule has 0 aliphatic carbocycles. The zero-order valence-corrected chi connectivity index (χ0v) is 9.97. The summed E-state index contributed by atoms with van der Waals surface area (Å²) in [6.45, 7) is 0. The number of hydrogen-bond acceptors (Lipinski definition) is 4. The molecule has 0 radical (unpaired) electrons. The lowest BCUT2D eigenvalue weighted by Gasteiger charge is -2.02. The molecule has 82 valence electrons. The Bertz CT molecular complexity index is 550. The van der Waals surface area contributed by atoms with Crippen molar-refractivity contribution in [1.29, 1.82) is 0 Å². The second-order valence-electron chi connectivity index (χ2n) is 3.00. The summed E-state index contributed by atoms with van der Waals surface area (Å²) in [6.07, 6.45) is 3.48. The fraction of sp³-hybridized carbons (Fsp3) is 0.100. The summed E-state index contributed by atoms with van der Waals surface area (Å²) in [5.41, 5.74) is 1.36. The number of nitrogens with zero attached hydrogens (tertiary/aromatic N) is 2. The second-order valence-corrected chi connectivity index (χ2v) is 4.16. The van der Waals surface area contributed by atoms with Crippen molar-refractivity contribution in [2.75, 3.05) is 6.26 Å². The number of aromatic amines is 1. The van der Waals surface area contributed by atoms with E-state index in [1.165, 1.54) is 17.8 Å². The lowest BCUT2D eigenvalue weighted by molar-refractivity contribution is 0.975. The maximum Gasteiger partial charge on any atom is 0.247 e. The molecule has 4 nitrogen and oxygen atoms in total. The monoisotopic (exact) mass is 253 g/mol. The Morgan fingerprint density at radius 1 is 1.38 bits per heavy atom. The first-order valence-electron chi connectivity index (χ1n) is 4.47. The Kier molecular flexibility index (Phi) is 3.26. The van der Waals surface area contributed by atoms with Crippen LogP contribution in [0.3, 0.4) is 0 Å². The second kappa shape index (κ2) is 4.67. The van der Waals surface area contributed by atoms with Crippen molar-refractivity contribution < 1.29 is 0 Å². The van der Waals surface area contributed by atoms with Gasteiger partial charge in [0.05, 0.1) is 5.69 Å². The molecule has 0 atom stereocenters. The largest absolute Gasteiger partial charge is 0.328 e. The van der Waals surface area contributed by atoms with Gasteiger partial charge >= 0.3 is 0 Å². The third-order valence-corrected chi connectivity index (χ3v) is 2.68. The van der Waals surface area contributed by atoms with Crippen LogP contribution in [0.1, 0.15) is 0 Å². The minimum atomic E-state index is -0.144. The molecular formula is C10H8ClN3OS. The molecule has 6 heteroatoms. The molecule has 0 aliphatic rings. The predicted molar refractivity (Wildman–Crippen MR) is 64.9 cm³/mol. The van der Waals surface area contributed by atoms with E-state index in [1.807, 2.05) is 6.26 Å². The normalized spacial score (nSPS) is 10.4. The van der Waals surface area contributed by atoms with Crippen LogP contribution in [-0.2, 0) is 0 Å². The van der Waals surface area contributed by atoms with E-state index in [0.29, 0.717) is 16.0 Å². The van der Waals surface area contributed by atoms with Crippen molar-refractivity contribution in [2.24, 2.45) is 0 Å². The van der Waals surface area contributed by atoms with Crippen LogP contribution in [0.15, 0.2) is 34.3 Å². The lowest BCUT2D eigenvalue weighted by Crippen LogP contribution is -2.02. The first-order chi connectivity index (χ1) is 7.69. The first-order valence-corrected chi connectivity index (χ1v) is 6.07. The topological polar surface area (TPSA) is 58.6 Å². The summed E-state index contributed by atoms with van der Waals surface area (Å²) in [5.74, 6) is 0. The van der Waals surface area contributed by atoms with Gasteiger partial charge in [-0.25, -0.2) is 9.97 Å². The quantitative estimate of drug-likeness (QED) is 0.506. The molecule has 2 heterocycles. The van der Waals surface area contributed by atoms with Crippen LogP contribution in [0.2, 0.25) is 5.15 Å². The molecule has 0 saturated carbocycles. The molecule has 0 fully saturated rings. The maximum absolute atomic E-state index is 10.9. The summed E-state index contributed by atoms with van der Waals surface area (Å²) < 4.78 is 0. The van der Waals surface area contributed by atoms with Crippen LogP contribution in [0.25, 0.3) is 11.3 Å². The van der Waals surface area contributed by atoms with Crippen LogP contribution < -0.4 is 5.56 Å². The van der Waals surface area contributed by atoms with Crippen LogP contribution in [0.4, 0.5) is 0 Å². The van der Waals surface area contributed by atoms with Gasteiger partial charge in [-0.2, -0.15) is 0 Å². The van der Waals surface area contributed by atoms with Gasteiger partial charge in [0.2, 0.25) is 5.56 Å². The molecule has 2 aromatic rings. The van der Waals surface area contributed by atoms with E-state index in [-0.39, 0.29) is 5.56 Å².